The normalized spacial score (nSPS) is 14.2. The number of hydrogen-bond donors (Lipinski definition) is 0. The molecular formula is C57H41N3S. The van der Waals surface area contributed by atoms with Crippen LogP contribution in [0, 0.1) is 0 Å². The first kappa shape index (κ1) is 35.9. The molecule has 2 aliphatic carbocycles. The lowest BCUT2D eigenvalue weighted by atomic mass is 9.79. The van der Waals surface area contributed by atoms with Crippen LogP contribution in [-0.2, 0) is 10.8 Å². The number of aromatic nitrogens is 3. The summed E-state index contributed by atoms with van der Waals surface area (Å²) in [6.45, 7) is 9.53. The van der Waals surface area contributed by atoms with Crippen molar-refractivity contribution in [3.8, 4) is 78.7 Å². The van der Waals surface area contributed by atoms with Crippen molar-refractivity contribution in [1.29, 1.82) is 0 Å². The van der Waals surface area contributed by atoms with E-state index in [2.05, 4.69) is 179 Å². The molecule has 0 bridgehead atoms. The van der Waals surface area contributed by atoms with Crippen molar-refractivity contribution in [1.82, 2.24) is 15.0 Å². The Morgan fingerprint density at radius 3 is 1.54 bits per heavy atom. The maximum atomic E-state index is 5.17. The summed E-state index contributed by atoms with van der Waals surface area (Å²) in [5.41, 5.74) is 18.7. The Bertz CT molecular complexity index is 3400. The Kier molecular flexibility index (Phi) is 7.79. The van der Waals surface area contributed by atoms with E-state index in [0.29, 0.717) is 17.5 Å². The van der Waals surface area contributed by atoms with Crippen molar-refractivity contribution in [3.63, 3.8) is 0 Å². The lowest BCUT2D eigenvalue weighted by Gasteiger charge is -2.24. The molecule has 0 unspecified atom stereocenters. The topological polar surface area (TPSA) is 38.7 Å². The fourth-order valence-electron chi connectivity index (χ4n) is 10.0. The standard InChI is InChI=1S/C57H41N3S/c1-56(2)47-21-12-11-18-40(47)44-32-50-45(33-49(44)56)41-28-26-39(31-48(41)57(50,3)4)38-27-29-51-46(30-38)42-19-13-20-43(52(42)61-51)55-59-53(36-16-9-6-10-17-36)58-54(60-55)37-24-22-35(23-25-37)34-14-7-5-8-15-34/h5-33H,1-4H3. The Labute approximate surface area is 360 Å². The highest BCUT2D eigenvalue weighted by molar-refractivity contribution is 7.26. The lowest BCUT2D eigenvalue weighted by Crippen LogP contribution is -2.17. The second-order valence-corrected chi connectivity index (χ2v) is 18.7. The van der Waals surface area contributed by atoms with Crippen LogP contribution in [0.3, 0.4) is 0 Å². The molecule has 0 fully saturated rings. The summed E-state index contributed by atoms with van der Waals surface area (Å²) >= 11 is 1.81. The first-order chi connectivity index (χ1) is 29.7. The number of thiophene rings is 1. The molecule has 0 amide bonds. The summed E-state index contributed by atoms with van der Waals surface area (Å²) in [6, 6.07) is 63.8. The smallest absolute Gasteiger partial charge is 0.165 e. The van der Waals surface area contributed by atoms with Crippen molar-refractivity contribution in [2.75, 3.05) is 0 Å². The Balaban J connectivity index is 0.941. The van der Waals surface area contributed by atoms with Crippen molar-refractivity contribution < 1.29 is 0 Å². The summed E-state index contributed by atoms with van der Waals surface area (Å²) in [7, 11) is 0. The van der Waals surface area contributed by atoms with Crippen LogP contribution in [0.25, 0.3) is 98.8 Å². The van der Waals surface area contributed by atoms with E-state index < -0.39 is 0 Å². The minimum Gasteiger partial charge on any atom is -0.208 e. The first-order valence-corrected chi connectivity index (χ1v) is 21.9. The summed E-state index contributed by atoms with van der Waals surface area (Å²) < 4.78 is 2.42. The highest BCUT2D eigenvalue weighted by Crippen LogP contribution is 2.56. The van der Waals surface area contributed by atoms with E-state index in [1.165, 1.54) is 81.4 Å². The lowest BCUT2D eigenvalue weighted by molar-refractivity contribution is 0.652. The van der Waals surface area contributed by atoms with Crippen LogP contribution in [0.4, 0.5) is 0 Å². The summed E-state index contributed by atoms with van der Waals surface area (Å²) in [5.74, 6) is 1.99. The van der Waals surface area contributed by atoms with Gasteiger partial charge in [0.1, 0.15) is 0 Å². The third kappa shape index (κ3) is 5.52. The van der Waals surface area contributed by atoms with Gasteiger partial charge in [0, 0.05) is 47.7 Å². The fraction of sp³-hybridized carbons (Fsp3) is 0.105. The van der Waals surface area contributed by atoms with Crippen LogP contribution in [0.2, 0.25) is 0 Å². The molecule has 290 valence electrons. The molecule has 3 nitrogen and oxygen atoms in total. The molecule has 2 aromatic heterocycles. The Morgan fingerprint density at radius 1 is 0.328 bits per heavy atom. The molecule has 12 rings (SSSR count). The van der Waals surface area contributed by atoms with E-state index in [4.69, 9.17) is 15.0 Å². The van der Waals surface area contributed by atoms with Crippen molar-refractivity contribution in [3.05, 3.63) is 198 Å². The first-order valence-electron chi connectivity index (χ1n) is 21.1. The highest BCUT2D eigenvalue weighted by atomic mass is 32.1. The second kappa shape index (κ2) is 13.2. The van der Waals surface area contributed by atoms with Crippen LogP contribution in [0.1, 0.15) is 49.9 Å². The molecule has 0 saturated carbocycles. The number of rotatable bonds is 5. The van der Waals surface area contributed by atoms with Gasteiger partial charge in [-0.2, -0.15) is 0 Å². The predicted octanol–water partition coefficient (Wildman–Crippen LogP) is 15.2. The summed E-state index contributed by atoms with van der Waals surface area (Å²) in [5, 5.41) is 2.45. The van der Waals surface area contributed by atoms with Gasteiger partial charge in [0.05, 0.1) is 0 Å². The van der Waals surface area contributed by atoms with E-state index in [1.807, 2.05) is 24.3 Å². The number of fused-ring (bicyclic) bond motifs is 9. The molecule has 2 aliphatic rings. The number of nitrogens with zero attached hydrogens (tertiary/aromatic N) is 3. The summed E-state index contributed by atoms with van der Waals surface area (Å²) in [4.78, 5) is 15.3. The summed E-state index contributed by atoms with van der Waals surface area (Å²) in [6.07, 6.45) is 0. The van der Waals surface area contributed by atoms with Crippen molar-refractivity contribution >= 4 is 31.5 Å². The average molecular weight is 800 g/mol. The van der Waals surface area contributed by atoms with Gasteiger partial charge >= 0.3 is 0 Å². The Morgan fingerprint density at radius 2 is 0.820 bits per heavy atom. The molecule has 4 heteroatoms. The molecular weight excluding hydrogens is 759 g/mol. The molecule has 2 heterocycles. The monoisotopic (exact) mass is 799 g/mol. The highest BCUT2D eigenvalue weighted by Gasteiger charge is 2.41. The van der Waals surface area contributed by atoms with E-state index >= 15 is 0 Å². The van der Waals surface area contributed by atoms with Gasteiger partial charge in [0.2, 0.25) is 0 Å². The van der Waals surface area contributed by atoms with E-state index in [0.717, 1.165) is 22.3 Å². The number of benzene rings is 8. The zero-order valence-electron chi connectivity index (χ0n) is 34.5. The third-order valence-electron chi connectivity index (χ3n) is 13.4. The van der Waals surface area contributed by atoms with E-state index in [9.17, 15) is 0 Å². The quantitative estimate of drug-likeness (QED) is 0.174. The predicted molar refractivity (Wildman–Crippen MR) is 255 cm³/mol. The minimum absolute atomic E-state index is 0.0303. The Hall–Kier alpha value is -7.01. The van der Waals surface area contributed by atoms with Gasteiger partial charge in [-0.1, -0.05) is 167 Å². The van der Waals surface area contributed by atoms with Crippen LogP contribution in [0.15, 0.2) is 176 Å². The fourth-order valence-corrected chi connectivity index (χ4v) is 11.2. The zero-order chi connectivity index (χ0) is 41.0. The van der Waals surface area contributed by atoms with Gasteiger partial charge < -0.3 is 0 Å². The molecule has 8 aromatic carbocycles. The number of hydrogen-bond acceptors (Lipinski definition) is 4. The van der Waals surface area contributed by atoms with Gasteiger partial charge in [-0.15, -0.1) is 11.3 Å². The third-order valence-corrected chi connectivity index (χ3v) is 14.6. The molecule has 0 spiro atoms. The zero-order valence-corrected chi connectivity index (χ0v) is 35.3. The van der Waals surface area contributed by atoms with Crippen LogP contribution < -0.4 is 0 Å². The minimum atomic E-state index is -0.128. The SMILES string of the molecule is CC1(C)c2ccccc2-c2cc3c(cc21)-c1ccc(-c2ccc4sc5c(-c6nc(-c7ccccc7)nc(-c7ccc(-c8ccccc8)cc7)n6)cccc5c4c2)cc1C3(C)C. The van der Waals surface area contributed by atoms with Crippen LogP contribution in [0.5, 0.6) is 0 Å². The average Bonchev–Trinajstić information content (AvgIpc) is 3.87. The van der Waals surface area contributed by atoms with Gasteiger partial charge in [-0.3, -0.25) is 0 Å². The van der Waals surface area contributed by atoms with E-state index in [-0.39, 0.29) is 10.8 Å². The van der Waals surface area contributed by atoms with Gasteiger partial charge in [-0.25, -0.2) is 15.0 Å². The van der Waals surface area contributed by atoms with Gasteiger partial charge in [0.15, 0.2) is 17.5 Å². The van der Waals surface area contributed by atoms with E-state index in [1.54, 1.807) is 11.3 Å². The van der Waals surface area contributed by atoms with Crippen molar-refractivity contribution in [2.24, 2.45) is 0 Å². The maximum Gasteiger partial charge on any atom is 0.165 e. The molecule has 0 saturated heterocycles. The van der Waals surface area contributed by atoms with Crippen molar-refractivity contribution in [2.45, 2.75) is 38.5 Å². The molecule has 10 aromatic rings. The molecule has 0 atom stereocenters. The second-order valence-electron chi connectivity index (χ2n) is 17.6. The molecule has 0 radical (unpaired) electrons. The maximum absolute atomic E-state index is 5.17. The molecule has 61 heavy (non-hydrogen) atoms. The van der Waals surface area contributed by atoms with Crippen LogP contribution >= 0.6 is 11.3 Å². The largest absolute Gasteiger partial charge is 0.208 e. The van der Waals surface area contributed by atoms with Crippen LogP contribution in [-0.4, -0.2) is 15.0 Å². The molecule has 0 N–H and O–H groups in total. The van der Waals surface area contributed by atoms with Gasteiger partial charge in [0.25, 0.3) is 0 Å². The molecule has 0 aliphatic heterocycles. The van der Waals surface area contributed by atoms with Gasteiger partial charge in [-0.05, 0) is 103 Å².